The Kier molecular flexibility index (Phi) is 6.85. The van der Waals surface area contributed by atoms with Gasteiger partial charge in [0.05, 0.1) is 18.0 Å². The molecule has 11 heteroatoms. The van der Waals surface area contributed by atoms with Crippen LogP contribution in [0.4, 0.5) is 17.6 Å². The monoisotopic (exact) mass is 450 g/mol. The van der Waals surface area contributed by atoms with E-state index in [1.54, 1.807) is 32.9 Å². The lowest BCUT2D eigenvalue weighted by Gasteiger charge is -2.29. The minimum absolute atomic E-state index is 0.138. The molecule has 0 saturated heterocycles. The van der Waals surface area contributed by atoms with Gasteiger partial charge in [-0.15, -0.1) is 0 Å². The lowest BCUT2D eigenvalue weighted by atomic mass is 10.0. The largest absolute Gasteiger partial charge is 0.419 e. The van der Waals surface area contributed by atoms with Gasteiger partial charge in [0.2, 0.25) is 0 Å². The van der Waals surface area contributed by atoms with Crippen LogP contribution in [0.15, 0.2) is 36.9 Å². The number of aryl methyl sites for hydroxylation is 2. The van der Waals surface area contributed by atoms with Crippen molar-refractivity contribution in [3.05, 3.63) is 65.3 Å². The zero-order chi connectivity index (χ0) is 23.5. The number of halogens is 4. The van der Waals surface area contributed by atoms with Crippen molar-refractivity contribution in [1.82, 2.24) is 29.9 Å². The zero-order valence-corrected chi connectivity index (χ0v) is 17.8. The molecule has 1 atom stereocenters. The standard InChI is InChI=1S/C21H22F4N6O/c1-4-30(14(3)6-8-17-26-11-15(12-27-17)21(23,24)25)20(32)18-16(31-28-9-10-29-31)7-5-13(2)19(18)22/h5,7,9-12,14H,4,6,8H2,1-3H3/t14-/m0/s1. The molecule has 0 aliphatic rings. The Bertz CT molecular complexity index is 1070. The Balaban J connectivity index is 1.80. The third-order valence-corrected chi connectivity index (χ3v) is 5.11. The number of hydrogen-bond donors (Lipinski definition) is 0. The van der Waals surface area contributed by atoms with Gasteiger partial charge in [-0.05, 0) is 38.8 Å². The smallest absolute Gasteiger partial charge is 0.336 e. The van der Waals surface area contributed by atoms with Crippen molar-refractivity contribution in [2.45, 2.75) is 45.8 Å². The normalized spacial score (nSPS) is 12.6. The van der Waals surface area contributed by atoms with E-state index in [9.17, 15) is 18.0 Å². The number of carbonyl (C=O) groups excluding carboxylic acids is 1. The third kappa shape index (κ3) is 4.92. The van der Waals surface area contributed by atoms with E-state index in [-0.39, 0.29) is 29.5 Å². The fourth-order valence-corrected chi connectivity index (χ4v) is 3.30. The molecule has 0 bridgehead atoms. The van der Waals surface area contributed by atoms with Crippen LogP contribution in [0.25, 0.3) is 5.69 Å². The Morgan fingerprint density at radius 2 is 1.78 bits per heavy atom. The van der Waals surface area contributed by atoms with Gasteiger partial charge in [-0.25, -0.2) is 14.4 Å². The highest BCUT2D eigenvalue weighted by Crippen LogP contribution is 2.28. The van der Waals surface area contributed by atoms with Gasteiger partial charge in [0.15, 0.2) is 0 Å². The number of benzene rings is 1. The van der Waals surface area contributed by atoms with Crippen molar-refractivity contribution in [2.24, 2.45) is 0 Å². The molecule has 0 unspecified atom stereocenters. The van der Waals surface area contributed by atoms with Crippen molar-refractivity contribution >= 4 is 5.91 Å². The predicted octanol–water partition coefficient (Wildman–Crippen LogP) is 4.01. The Morgan fingerprint density at radius 1 is 1.16 bits per heavy atom. The van der Waals surface area contributed by atoms with Gasteiger partial charge in [0, 0.05) is 31.4 Å². The molecule has 170 valence electrons. The van der Waals surface area contributed by atoms with E-state index in [4.69, 9.17) is 0 Å². The number of carbonyl (C=O) groups is 1. The van der Waals surface area contributed by atoms with Crippen LogP contribution in [-0.4, -0.2) is 48.4 Å². The number of aromatic nitrogens is 5. The summed E-state index contributed by atoms with van der Waals surface area (Å²) in [5, 5.41) is 8.00. The SMILES string of the molecule is CCN(C(=O)c1c(-n2nccn2)ccc(C)c1F)[C@@H](C)CCc1ncc(C(F)(F)F)cn1. The van der Waals surface area contributed by atoms with Crippen molar-refractivity contribution < 1.29 is 22.4 Å². The summed E-state index contributed by atoms with van der Waals surface area (Å²) in [6.07, 6.45) is 0.464. The number of alkyl halides is 3. The highest BCUT2D eigenvalue weighted by atomic mass is 19.4. The molecule has 0 saturated carbocycles. The van der Waals surface area contributed by atoms with E-state index in [0.29, 0.717) is 18.5 Å². The van der Waals surface area contributed by atoms with Crippen LogP contribution in [0.1, 0.15) is 47.6 Å². The summed E-state index contributed by atoms with van der Waals surface area (Å²) in [6, 6.07) is 2.78. The predicted molar refractivity (Wildman–Crippen MR) is 108 cm³/mol. The molecule has 3 aromatic rings. The first-order valence-electron chi connectivity index (χ1n) is 9.98. The van der Waals surface area contributed by atoms with Crippen molar-refractivity contribution in [3.8, 4) is 5.69 Å². The topological polar surface area (TPSA) is 76.8 Å². The van der Waals surface area contributed by atoms with E-state index in [2.05, 4.69) is 20.2 Å². The van der Waals surface area contributed by atoms with E-state index < -0.39 is 23.5 Å². The van der Waals surface area contributed by atoms with Crippen molar-refractivity contribution in [1.29, 1.82) is 0 Å². The minimum Gasteiger partial charge on any atom is -0.336 e. The molecule has 1 aromatic carbocycles. The van der Waals surface area contributed by atoms with E-state index in [1.165, 1.54) is 22.1 Å². The van der Waals surface area contributed by atoms with Gasteiger partial charge < -0.3 is 4.90 Å². The molecule has 32 heavy (non-hydrogen) atoms. The summed E-state index contributed by atoms with van der Waals surface area (Å²) in [5.74, 6) is -0.945. The summed E-state index contributed by atoms with van der Waals surface area (Å²) >= 11 is 0. The maximum atomic E-state index is 15.0. The molecule has 2 heterocycles. The molecule has 1 amide bonds. The van der Waals surface area contributed by atoms with Gasteiger partial charge in [-0.2, -0.15) is 28.2 Å². The van der Waals surface area contributed by atoms with Crippen LogP contribution in [0, 0.1) is 12.7 Å². The van der Waals surface area contributed by atoms with Gasteiger partial charge in [-0.1, -0.05) is 6.07 Å². The van der Waals surface area contributed by atoms with Crippen molar-refractivity contribution in [3.63, 3.8) is 0 Å². The highest BCUT2D eigenvalue weighted by molar-refractivity contribution is 5.98. The average molecular weight is 450 g/mol. The van der Waals surface area contributed by atoms with Crippen molar-refractivity contribution in [2.75, 3.05) is 6.54 Å². The Morgan fingerprint density at radius 3 is 2.34 bits per heavy atom. The molecule has 0 spiro atoms. The van der Waals surface area contributed by atoms with Crippen LogP contribution in [0.2, 0.25) is 0 Å². The number of amides is 1. The third-order valence-electron chi connectivity index (χ3n) is 5.11. The Labute approximate surface area is 182 Å². The maximum Gasteiger partial charge on any atom is 0.419 e. The second kappa shape index (κ2) is 9.41. The number of rotatable bonds is 7. The molecule has 3 rings (SSSR count). The highest BCUT2D eigenvalue weighted by Gasteiger charge is 2.31. The molecule has 0 fully saturated rings. The Hall–Kier alpha value is -3.37. The molecule has 2 aromatic heterocycles. The summed E-state index contributed by atoms with van der Waals surface area (Å²) in [5.41, 5.74) is -0.527. The molecule has 0 aliphatic heterocycles. The first-order valence-corrected chi connectivity index (χ1v) is 9.98. The number of hydrogen-bond acceptors (Lipinski definition) is 5. The van der Waals surface area contributed by atoms with Gasteiger partial charge in [0.1, 0.15) is 22.9 Å². The molecule has 0 radical (unpaired) electrons. The summed E-state index contributed by atoms with van der Waals surface area (Å²) in [6.45, 7) is 5.41. The summed E-state index contributed by atoms with van der Waals surface area (Å²) in [4.78, 5) is 23.5. The first-order chi connectivity index (χ1) is 15.1. The van der Waals surface area contributed by atoms with Crippen LogP contribution in [0.3, 0.4) is 0 Å². The molecule has 0 aliphatic carbocycles. The minimum atomic E-state index is -4.50. The fraction of sp³-hybridized carbons (Fsp3) is 0.381. The lowest BCUT2D eigenvalue weighted by Crippen LogP contribution is -2.40. The molecule has 7 nitrogen and oxygen atoms in total. The second-order valence-electron chi connectivity index (χ2n) is 7.27. The summed E-state index contributed by atoms with van der Waals surface area (Å²) < 4.78 is 53.0. The first kappa shape index (κ1) is 23.3. The van der Waals surface area contributed by atoms with Crippen LogP contribution in [-0.2, 0) is 12.6 Å². The van der Waals surface area contributed by atoms with Gasteiger partial charge in [0.25, 0.3) is 5.91 Å². The number of nitrogens with zero attached hydrogens (tertiary/aromatic N) is 6. The fourth-order valence-electron chi connectivity index (χ4n) is 3.30. The summed E-state index contributed by atoms with van der Waals surface area (Å²) in [7, 11) is 0. The van der Waals surface area contributed by atoms with E-state index in [0.717, 1.165) is 12.4 Å². The zero-order valence-electron chi connectivity index (χ0n) is 17.8. The van der Waals surface area contributed by atoms with Gasteiger partial charge >= 0.3 is 6.18 Å². The van der Waals surface area contributed by atoms with E-state index >= 15 is 4.39 Å². The lowest BCUT2D eigenvalue weighted by molar-refractivity contribution is -0.138. The molecule has 0 N–H and O–H groups in total. The van der Waals surface area contributed by atoms with Crippen LogP contribution in [0.5, 0.6) is 0 Å². The maximum absolute atomic E-state index is 15.0. The average Bonchev–Trinajstić information content (AvgIpc) is 3.29. The van der Waals surface area contributed by atoms with E-state index in [1.807, 2.05) is 0 Å². The molecular weight excluding hydrogens is 428 g/mol. The van der Waals surface area contributed by atoms with Crippen LogP contribution < -0.4 is 0 Å². The van der Waals surface area contributed by atoms with Crippen LogP contribution >= 0.6 is 0 Å². The van der Waals surface area contributed by atoms with Gasteiger partial charge in [-0.3, -0.25) is 4.79 Å². The second-order valence-corrected chi connectivity index (χ2v) is 7.27. The molecular formula is C21H22F4N6O. The quantitative estimate of drug-likeness (QED) is 0.509.